The van der Waals surface area contributed by atoms with Gasteiger partial charge in [0.25, 0.3) is 0 Å². The van der Waals surface area contributed by atoms with E-state index >= 15 is 0 Å². The number of amides is 1. The lowest BCUT2D eigenvalue weighted by atomic mass is 9.90. The van der Waals surface area contributed by atoms with Crippen molar-refractivity contribution in [1.82, 2.24) is 5.54 Å². The van der Waals surface area contributed by atoms with Crippen molar-refractivity contribution in [2.45, 2.75) is 31.9 Å². The average Bonchev–Trinajstić information content (AvgIpc) is 2.16. The van der Waals surface area contributed by atoms with Crippen molar-refractivity contribution in [1.29, 1.82) is 0 Å². The van der Waals surface area contributed by atoms with Crippen molar-refractivity contribution in [3.05, 3.63) is 0 Å². The fraction of sp³-hybridized carbons (Fsp3) is 0.900. The molecule has 0 heterocycles. The fourth-order valence-corrected chi connectivity index (χ4v) is 1.22. The number of hydrogen-bond donors (Lipinski definition) is 3. The average molecular weight is 252 g/mol. The summed E-state index contributed by atoms with van der Waals surface area (Å²) in [5.41, 5.74) is 6.19. The van der Waals surface area contributed by atoms with Crippen LogP contribution in [-0.4, -0.2) is 30.4 Å². The predicted octanol–water partition coefficient (Wildman–Crippen LogP) is 1.07. The summed E-state index contributed by atoms with van der Waals surface area (Å²) in [6.45, 7) is 6.70. The van der Waals surface area contributed by atoms with Crippen LogP contribution in [0.3, 0.4) is 0 Å². The molecule has 1 unspecified atom stereocenters. The van der Waals surface area contributed by atoms with Crippen LogP contribution in [-0.2, 0) is 9.53 Å². The molecule has 0 saturated carbocycles. The molecule has 0 aliphatic carbocycles. The molecule has 0 fully saturated rings. The van der Waals surface area contributed by atoms with E-state index < -0.39 is 11.3 Å². The summed E-state index contributed by atoms with van der Waals surface area (Å²) in [4.78, 5) is 10.9. The van der Waals surface area contributed by atoms with Gasteiger partial charge in [0.2, 0.25) is 5.91 Å². The van der Waals surface area contributed by atoms with Crippen molar-refractivity contribution in [2.24, 2.45) is 11.1 Å². The highest BCUT2D eigenvalue weighted by molar-refractivity contribution is 7.81. The zero-order chi connectivity index (χ0) is 12.8. The maximum atomic E-state index is 11.8. The third kappa shape index (κ3) is 7.03. The summed E-state index contributed by atoms with van der Waals surface area (Å²) in [5, 5.41) is 0. The summed E-state index contributed by atoms with van der Waals surface area (Å²) < 4.78 is 16.9. The second-order valence-corrected chi connectivity index (χ2v) is 6.13. The lowest BCUT2D eigenvalue weighted by Crippen LogP contribution is -2.36. The van der Waals surface area contributed by atoms with E-state index in [9.17, 15) is 9.28 Å². The summed E-state index contributed by atoms with van der Waals surface area (Å²) in [6, 6.07) is 0. The number of carbonyl (C=O) groups is 1. The van der Waals surface area contributed by atoms with Crippen LogP contribution in [0.25, 0.3) is 0 Å². The zero-order valence-corrected chi connectivity index (χ0v) is 10.9. The Bertz CT molecular complexity index is 235. The van der Waals surface area contributed by atoms with E-state index in [1.165, 1.54) is 0 Å². The Labute approximate surface area is 101 Å². The molecular weight excluding hydrogens is 231 g/mol. The minimum Gasteiger partial charge on any atom is -0.379 e. The first-order chi connectivity index (χ1) is 7.22. The summed E-state index contributed by atoms with van der Waals surface area (Å²) in [7, 11) is 0. The smallest absolute Gasteiger partial charge is 0.248 e. The maximum Gasteiger partial charge on any atom is 0.248 e. The van der Waals surface area contributed by atoms with E-state index in [2.05, 4.69) is 12.6 Å². The Morgan fingerprint density at radius 3 is 2.44 bits per heavy atom. The van der Waals surface area contributed by atoms with Crippen molar-refractivity contribution in [2.75, 3.05) is 19.8 Å². The van der Waals surface area contributed by atoms with E-state index in [0.717, 1.165) is 5.54 Å². The number of nitrogens with one attached hydrogen (secondary N) is 1. The number of nitrogens with two attached hydrogens (primary N) is 1. The van der Waals surface area contributed by atoms with E-state index in [1.807, 2.05) is 20.8 Å². The van der Waals surface area contributed by atoms with Gasteiger partial charge in [0, 0.05) is 17.7 Å². The van der Waals surface area contributed by atoms with Crippen molar-refractivity contribution < 1.29 is 14.0 Å². The molecule has 6 heteroatoms. The molecule has 0 saturated heterocycles. The lowest BCUT2D eigenvalue weighted by Gasteiger charge is -2.27. The van der Waals surface area contributed by atoms with Crippen molar-refractivity contribution in [3.63, 3.8) is 0 Å². The Morgan fingerprint density at radius 2 is 2.00 bits per heavy atom. The number of halogens is 1. The molecule has 0 bridgehead atoms. The molecule has 0 rings (SSSR count). The second kappa shape index (κ2) is 6.42. The molecule has 0 aromatic carbocycles. The summed E-state index contributed by atoms with van der Waals surface area (Å²) in [6.07, 6.45) is 0.0788. The first-order valence-electron chi connectivity index (χ1n) is 5.12. The first kappa shape index (κ1) is 15.7. The van der Waals surface area contributed by atoms with Crippen molar-refractivity contribution >= 4 is 18.5 Å². The Hall–Kier alpha value is -0.330. The molecule has 1 amide bonds. The molecule has 3 N–H and O–H groups in total. The largest absolute Gasteiger partial charge is 0.379 e. The zero-order valence-electron chi connectivity index (χ0n) is 10.0. The highest BCUT2D eigenvalue weighted by atomic mass is 32.1. The van der Waals surface area contributed by atoms with Gasteiger partial charge in [0.15, 0.2) is 0 Å². The number of hydrogen-bond acceptors (Lipinski definition) is 4. The number of rotatable bonds is 7. The van der Waals surface area contributed by atoms with Gasteiger partial charge in [-0.15, -0.1) is 4.48 Å². The molecule has 0 aliphatic heterocycles. The number of thiol groups is 1. The van der Waals surface area contributed by atoms with Gasteiger partial charge in [-0.2, -0.15) is 18.2 Å². The maximum absolute atomic E-state index is 11.8. The monoisotopic (exact) mass is 252 g/mol. The molecule has 0 aromatic rings. The van der Waals surface area contributed by atoms with Gasteiger partial charge in [0.05, 0.1) is 13.2 Å². The Balaban J connectivity index is 3.95. The minimum absolute atomic E-state index is 0.0788. The highest BCUT2D eigenvalue weighted by Gasteiger charge is 2.24. The van der Waals surface area contributed by atoms with Crippen LogP contribution in [0.5, 0.6) is 0 Å². The normalized spacial score (nSPS) is 15.6. The van der Waals surface area contributed by atoms with Gasteiger partial charge in [-0.1, -0.05) is 13.8 Å². The molecule has 0 spiro atoms. The van der Waals surface area contributed by atoms with Crippen LogP contribution < -0.4 is 11.3 Å². The Morgan fingerprint density at radius 1 is 1.44 bits per heavy atom. The molecule has 96 valence electrons. The number of ether oxygens (including phenoxy) is 1. The van der Waals surface area contributed by atoms with Crippen LogP contribution in [0, 0.1) is 5.41 Å². The predicted molar refractivity (Wildman–Crippen MR) is 64.9 cm³/mol. The Kier molecular flexibility index (Phi) is 6.28. The molecule has 1 atom stereocenters. The van der Waals surface area contributed by atoms with Crippen LogP contribution in [0.1, 0.15) is 27.2 Å². The molecular formula is C10H21FN2O2S. The third-order valence-corrected chi connectivity index (χ3v) is 2.40. The topological polar surface area (TPSA) is 64.3 Å². The van der Waals surface area contributed by atoms with Crippen LogP contribution in [0.2, 0.25) is 0 Å². The lowest BCUT2D eigenvalue weighted by molar-refractivity contribution is -0.128. The standard InChI is InChI=1S/C10H21FN2O2S/c1-9(2,4-8(14)13-11)6-15-7-10(3,16)5-12/h16H,4-7,12H2,1-3H3,(H,13,14). The van der Waals surface area contributed by atoms with E-state index in [-0.39, 0.29) is 11.2 Å². The second-order valence-electron chi connectivity index (χ2n) is 5.05. The van der Waals surface area contributed by atoms with Gasteiger partial charge in [0.1, 0.15) is 0 Å². The minimum atomic E-state index is -0.638. The van der Waals surface area contributed by atoms with Crippen LogP contribution >= 0.6 is 12.6 Å². The fourth-order valence-electron chi connectivity index (χ4n) is 1.13. The molecule has 0 aliphatic rings. The highest BCUT2D eigenvalue weighted by Crippen LogP contribution is 2.22. The quantitative estimate of drug-likeness (QED) is 0.469. The third-order valence-electron chi connectivity index (χ3n) is 2.09. The molecule has 16 heavy (non-hydrogen) atoms. The summed E-state index contributed by atoms with van der Waals surface area (Å²) in [5.74, 6) is -0.638. The van der Waals surface area contributed by atoms with Crippen LogP contribution in [0.4, 0.5) is 4.48 Å². The van der Waals surface area contributed by atoms with E-state index in [0.29, 0.717) is 19.8 Å². The summed E-state index contributed by atoms with van der Waals surface area (Å²) >= 11 is 4.32. The SMILES string of the molecule is CC(C)(COCC(C)(S)CN)CC(=O)NF. The molecule has 4 nitrogen and oxygen atoms in total. The van der Waals surface area contributed by atoms with Gasteiger partial charge < -0.3 is 10.5 Å². The molecule has 0 radical (unpaired) electrons. The van der Waals surface area contributed by atoms with E-state index in [4.69, 9.17) is 10.5 Å². The van der Waals surface area contributed by atoms with Gasteiger partial charge >= 0.3 is 0 Å². The first-order valence-corrected chi connectivity index (χ1v) is 5.57. The van der Waals surface area contributed by atoms with Gasteiger partial charge in [-0.05, 0) is 12.3 Å². The number of carbonyl (C=O) groups excluding carboxylic acids is 1. The molecule has 0 aromatic heterocycles. The van der Waals surface area contributed by atoms with E-state index in [1.54, 1.807) is 0 Å². The van der Waals surface area contributed by atoms with Crippen LogP contribution in [0.15, 0.2) is 0 Å². The van der Waals surface area contributed by atoms with Gasteiger partial charge in [-0.25, -0.2) is 0 Å². The van der Waals surface area contributed by atoms with Gasteiger partial charge in [-0.3, -0.25) is 4.79 Å². The van der Waals surface area contributed by atoms with Crippen molar-refractivity contribution in [3.8, 4) is 0 Å².